The Labute approximate surface area is 161 Å². The smallest absolute Gasteiger partial charge is 0.330 e. The Balaban J connectivity index is 1.75. The third kappa shape index (κ3) is 4.16. The Morgan fingerprint density at radius 3 is 2.33 bits per heavy atom. The summed E-state index contributed by atoms with van der Waals surface area (Å²) in [6.07, 6.45) is 3.01. The summed E-state index contributed by atoms with van der Waals surface area (Å²) in [4.78, 5) is 51.2. The van der Waals surface area contributed by atoms with Gasteiger partial charge in [-0.05, 0) is 50.3 Å². The molecule has 1 saturated carbocycles. The number of imide groups is 1. The van der Waals surface area contributed by atoms with E-state index in [1.54, 1.807) is 24.3 Å². The van der Waals surface area contributed by atoms with Crippen LogP contribution >= 0.6 is 11.8 Å². The van der Waals surface area contributed by atoms with Crippen LogP contribution in [0.3, 0.4) is 0 Å². The summed E-state index contributed by atoms with van der Waals surface area (Å²) in [7, 11) is 0. The number of hydrogen-bond donors (Lipinski definition) is 1. The molecule has 0 saturated heterocycles. The zero-order valence-electron chi connectivity index (χ0n) is 15.3. The third-order valence-electron chi connectivity index (χ3n) is 4.59. The largest absolute Gasteiger partial charge is 0.451 e. The molecule has 1 aliphatic heterocycles. The fraction of sp³-hybridized carbons (Fsp3) is 0.474. The lowest BCUT2D eigenvalue weighted by Gasteiger charge is -2.25. The Hall–Kier alpha value is -2.35. The Bertz CT molecular complexity index is 742. The number of nitrogens with one attached hydrogen (secondary N) is 1. The first-order valence-corrected chi connectivity index (χ1v) is 10.3. The molecule has 1 aliphatic carbocycles. The van der Waals surface area contributed by atoms with Crippen molar-refractivity contribution in [1.29, 1.82) is 0 Å². The second kappa shape index (κ2) is 8.12. The molecular weight excluding hydrogens is 368 g/mol. The Kier molecular flexibility index (Phi) is 5.84. The Morgan fingerprint density at radius 1 is 1.22 bits per heavy atom. The van der Waals surface area contributed by atoms with E-state index in [-0.39, 0.29) is 29.5 Å². The first kappa shape index (κ1) is 19.4. The highest BCUT2D eigenvalue weighted by Gasteiger charge is 2.43. The molecule has 2 aliphatic rings. The van der Waals surface area contributed by atoms with Gasteiger partial charge in [0.15, 0.2) is 6.10 Å². The van der Waals surface area contributed by atoms with E-state index in [0.29, 0.717) is 5.75 Å². The number of hydrogen-bond acceptors (Lipinski definition) is 6. The van der Waals surface area contributed by atoms with E-state index in [0.717, 1.165) is 17.7 Å². The monoisotopic (exact) mass is 390 g/mol. The average Bonchev–Trinajstić information content (AvgIpc) is 3.43. The van der Waals surface area contributed by atoms with Crippen molar-refractivity contribution in [3.63, 3.8) is 0 Å². The van der Waals surface area contributed by atoms with Crippen LogP contribution in [0.2, 0.25) is 0 Å². The summed E-state index contributed by atoms with van der Waals surface area (Å²) in [5, 5.41) is 2.77. The number of nitrogens with zero attached hydrogens (tertiary/aromatic N) is 1. The van der Waals surface area contributed by atoms with E-state index >= 15 is 0 Å². The molecule has 0 aromatic heterocycles. The molecule has 0 bridgehead atoms. The van der Waals surface area contributed by atoms with Crippen molar-refractivity contribution in [2.24, 2.45) is 0 Å². The second-order valence-electron chi connectivity index (χ2n) is 6.69. The van der Waals surface area contributed by atoms with Gasteiger partial charge in [0.2, 0.25) is 0 Å². The quantitative estimate of drug-likeness (QED) is 0.536. The molecule has 1 aromatic carbocycles. The highest BCUT2D eigenvalue weighted by atomic mass is 32.2. The van der Waals surface area contributed by atoms with Gasteiger partial charge in [0.25, 0.3) is 17.7 Å². The van der Waals surface area contributed by atoms with Crippen molar-refractivity contribution >= 4 is 35.5 Å². The number of amides is 3. The summed E-state index contributed by atoms with van der Waals surface area (Å²) in [6.45, 7) is 1.49. The van der Waals surface area contributed by atoms with Crippen LogP contribution < -0.4 is 5.32 Å². The number of benzene rings is 1. The maximum Gasteiger partial charge on any atom is 0.330 e. The SMILES string of the molecule is CSCC[C@H](C(=O)O[C@@H](C)C(=O)NC1CC1)N1C(=O)c2ccccc2C1=O. The summed E-state index contributed by atoms with van der Waals surface area (Å²) in [5.41, 5.74) is 0.563. The molecule has 1 fully saturated rings. The van der Waals surface area contributed by atoms with Gasteiger partial charge in [-0.25, -0.2) is 4.79 Å². The first-order valence-electron chi connectivity index (χ1n) is 8.90. The fourth-order valence-corrected chi connectivity index (χ4v) is 3.38. The number of fused-ring (bicyclic) bond motifs is 1. The lowest BCUT2D eigenvalue weighted by Crippen LogP contribution is -2.48. The number of thioether (sulfide) groups is 1. The van der Waals surface area contributed by atoms with Crippen molar-refractivity contribution in [1.82, 2.24) is 10.2 Å². The standard InChI is InChI=1S/C19H22N2O5S/c1-11(16(22)20-12-7-8-12)26-19(25)15(9-10-27-2)21-17(23)13-5-3-4-6-14(13)18(21)24/h3-6,11-12,15H,7-10H2,1-2H3,(H,20,22)/t11-,15+/m0/s1. The summed E-state index contributed by atoms with van der Waals surface area (Å²) < 4.78 is 5.30. The number of carbonyl (C=O) groups is 4. The molecule has 27 heavy (non-hydrogen) atoms. The summed E-state index contributed by atoms with van der Waals surface area (Å²) >= 11 is 1.50. The van der Waals surface area contributed by atoms with Gasteiger partial charge in [-0.15, -0.1) is 0 Å². The van der Waals surface area contributed by atoms with Gasteiger partial charge in [-0.1, -0.05) is 12.1 Å². The van der Waals surface area contributed by atoms with Crippen LogP contribution in [0.1, 0.15) is 46.9 Å². The van der Waals surface area contributed by atoms with Crippen LogP contribution in [0.25, 0.3) is 0 Å². The van der Waals surface area contributed by atoms with Crippen molar-refractivity contribution < 1.29 is 23.9 Å². The molecule has 0 unspecified atom stereocenters. The van der Waals surface area contributed by atoms with Crippen LogP contribution in [-0.2, 0) is 14.3 Å². The maximum atomic E-state index is 12.7. The Morgan fingerprint density at radius 2 is 1.81 bits per heavy atom. The minimum Gasteiger partial charge on any atom is -0.451 e. The zero-order valence-corrected chi connectivity index (χ0v) is 16.1. The molecule has 1 heterocycles. The second-order valence-corrected chi connectivity index (χ2v) is 7.67. The van der Waals surface area contributed by atoms with E-state index in [2.05, 4.69) is 5.32 Å². The molecule has 8 heteroatoms. The predicted octanol–water partition coefficient (Wildman–Crippen LogP) is 1.61. The third-order valence-corrected chi connectivity index (χ3v) is 5.23. The maximum absolute atomic E-state index is 12.7. The molecule has 1 aromatic rings. The van der Waals surface area contributed by atoms with E-state index in [1.165, 1.54) is 18.7 Å². The summed E-state index contributed by atoms with van der Waals surface area (Å²) in [6, 6.07) is 5.58. The van der Waals surface area contributed by atoms with Crippen molar-refractivity contribution in [3.05, 3.63) is 35.4 Å². The molecule has 144 valence electrons. The van der Waals surface area contributed by atoms with Crippen LogP contribution in [0, 0.1) is 0 Å². The number of carbonyl (C=O) groups excluding carboxylic acids is 4. The van der Waals surface area contributed by atoms with Gasteiger partial charge in [0.05, 0.1) is 11.1 Å². The highest BCUT2D eigenvalue weighted by Crippen LogP contribution is 2.27. The van der Waals surface area contributed by atoms with Crippen molar-refractivity contribution in [3.8, 4) is 0 Å². The van der Waals surface area contributed by atoms with Gasteiger partial charge in [0, 0.05) is 6.04 Å². The van der Waals surface area contributed by atoms with Gasteiger partial charge in [-0.2, -0.15) is 11.8 Å². The molecule has 0 spiro atoms. The van der Waals surface area contributed by atoms with E-state index < -0.39 is 29.9 Å². The van der Waals surface area contributed by atoms with Crippen molar-refractivity contribution in [2.75, 3.05) is 12.0 Å². The normalized spacial score (nSPS) is 18.1. The van der Waals surface area contributed by atoms with Crippen molar-refractivity contribution in [2.45, 2.75) is 44.4 Å². The highest BCUT2D eigenvalue weighted by molar-refractivity contribution is 7.98. The predicted molar refractivity (Wildman–Crippen MR) is 100 cm³/mol. The van der Waals surface area contributed by atoms with Gasteiger partial charge < -0.3 is 10.1 Å². The molecule has 2 atom stereocenters. The van der Waals surface area contributed by atoms with Crippen LogP contribution in [0.5, 0.6) is 0 Å². The molecular formula is C19H22N2O5S. The minimum atomic E-state index is -1.05. The van der Waals surface area contributed by atoms with Gasteiger partial charge >= 0.3 is 5.97 Å². The first-order chi connectivity index (χ1) is 12.9. The van der Waals surface area contributed by atoms with E-state index in [4.69, 9.17) is 4.74 Å². The molecule has 7 nitrogen and oxygen atoms in total. The van der Waals surface area contributed by atoms with Crippen LogP contribution in [0.15, 0.2) is 24.3 Å². The number of rotatable bonds is 8. The number of ether oxygens (including phenoxy) is 1. The minimum absolute atomic E-state index is 0.155. The molecule has 3 amide bonds. The molecule has 1 N–H and O–H groups in total. The lowest BCUT2D eigenvalue weighted by molar-refractivity contribution is -0.158. The fourth-order valence-electron chi connectivity index (χ4n) is 2.93. The van der Waals surface area contributed by atoms with E-state index in [9.17, 15) is 19.2 Å². The number of esters is 1. The topological polar surface area (TPSA) is 92.8 Å². The average molecular weight is 390 g/mol. The van der Waals surface area contributed by atoms with Crippen LogP contribution in [0.4, 0.5) is 0 Å². The van der Waals surface area contributed by atoms with E-state index in [1.807, 2.05) is 6.26 Å². The molecule has 3 rings (SSSR count). The summed E-state index contributed by atoms with van der Waals surface area (Å²) in [5.74, 6) is -1.55. The van der Waals surface area contributed by atoms with Crippen LogP contribution in [-0.4, -0.2) is 58.8 Å². The molecule has 0 radical (unpaired) electrons. The zero-order chi connectivity index (χ0) is 19.6. The van der Waals surface area contributed by atoms with Gasteiger partial charge in [0.1, 0.15) is 6.04 Å². The lowest BCUT2D eigenvalue weighted by atomic mass is 10.1. The van der Waals surface area contributed by atoms with Gasteiger partial charge in [-0.3, -0.25) is 19.3 Å².